The van der Waals surface area contributed by atoms with Crippen molar-refractivity contribution in [2.45, 2.75) is 65.0 Å². The Bertz CT molecular complexity index is 583. The number of carbonyl (C=O) groups is 1. The lowest BCUT2D eigenvalue weighted by atomic mass is 9.96. The minimum atomic E-state index is 0. The summed E-state index contributed by atoms with van der Waals surface area (Å²) in [7, 11) is 1.81. The van der Waals surface area contributed by atoms with E-state index in [2.05, 4.69) is 27.0 Å². The highest BCUT2D eigenvalue weighted by molar-refractivity contribution is 14.0. The van der Waals surface area contributed by atoms with Gasteiger partial charge < -0.3 is 16.0 Å². The number of benzene rings is 1. The van der Waals surface area contributed by atoms with Gasteiger partial charge in [0.15, 0.2) is 5.96 Å². The fourth-order valence-electron chi connectivity index (χ4n) is 3.16. The zero-order valence-corrected chi connectivity index (χ0v) is 18.5. The third-order valence-corrected chi connectivity index (χ3v) is 4.43. The van der Waals surface area contributed by atoms with E-state index in [4.69, 9.17) is 0 Å². The number of anilines is 1. The molecule has 146 valence electrons. The maximum atomic E-state index is 11.9. The number of aliphatic imine (C=N–C) groups is 1. The van der Waals surface area contributed by atoms with Gasteiger partial charge in [-0.05, 0) is 36.5 Å². The van der Waals surface area contributed by atoms with Crippen molar-refractivity contribution in [1.82, 2.24) is 10.6 Å². The van der Waals surface area contributed by atoms with Gasteiger partial charge in [-0.25, -0.2) is 0 Å². The van der Waals surface area contributed by atoms with Crippen LogP contribution in [0.25, 0.3) is 0 Å². The summed E-state index contributed by atoms with van der Waals surface area (Å²) >= 11 is 0. The fourth-order valence-corrected chi connectivity index (χ4v) is 3.16. The summed E-state index contributed by atoms with van der Waals surface area (Å²) < 4.78 is 0. The van der Waals surface area contributed by atoms with E-state index in [0.29, 0.717) is 24.9 Å². The van der Waals surface area contributed by atoms with Crippen molar-refractivity contribution >= 4 is 41.5 Å². The Labute approximate surface area is 174 Å². The van der Waals surface area contributed by atoms with Gasteiger partial charge in [-0.1, -0.05) is 45.2 Å². The van der Waals surface area contributed by atoms with Crippen molar-refractivity contribution in [3.8, 4) is 0 Å². The smallest absolute Gasteiger partial charge is 0.224 e. The summed E-state index contributed by atoms with van der Waals surface area (Å²) in [4.78, 5) is 16.2. The average Bonchev–Trinajstić information content (AvgIpc) is 2.59. The number of amides is 1. The summed E-state index contributed by atoms with van der Waals surface area (Å²) in [5.41, 5.74) is 1.97. The summed E-state index contributed by atoms with van der Waals surface area (Å²) in [6.45, 7) is 4.77. The molecule has 6 heteroatoms. The Morgan fingerprint density at radius 3 is 2.62 bits per heavy atom. The Morgan fingerprint density at radius 1 is 1.23 bits per heavy atom. The van der Waals surface area contributed by atoms with Crippen LogP contribution < -0.4 is 16.0 Å². The van der Waals surface area contributed by atoms with Crippen LogP contribution in [0, 0.1) is 5.92 Å². The summed E-state index contributed by atoms with van der Waals surface area (Å²) in [5.74, 6) is 1.27. The maximum absolute atomic E-state index is 11.9. The fraction of sp³-hybridized carbons (Fsp3) is 0.600. The van der Waals surface area contributed by atoms with E-state index in [9.17, 15) is 4.79 Å². The van der Waals surface area contributed by atoms with Gasteiger partial charge >= 0.3 is 0 Å². The monoisotopic (exact) mass is 472 g/mol. The third-order valence-electron chi connectivity index (χ3n) is 4.43. The molecule has 1 saturated carbocycles. The quantitative estimate of drug-likeness (QED) is 0.329. The lowest BCUT2D eigenvalue weighted by Crippen LogP contribution is -2.43. The van der Waals surface area contributed by atoms with Crippen LogP contribution in [-0.2, 0) is 11.3 Å². The lowest BCUT2D eigenvalue weighted by Gasteiger charge is -2.25. The van der Waals surface area contributed by atoms with Crippen LogP contribution in [0.5, 0.6) is 0 Å². The van der Waals surface area contributed by atoms with Gasteiger partial charge in [0.2, 0.25) is 5.91 Å². The molecule has 26 heavy (non-hydrogen) atoms. The molecule has 0 spiro atoms. The molecule has 2 rings (SSSR count). The topological polar surface area (TPSA) is 65.5 Å². The van der Waals surface area contributed by atoms with Crippen LogP contribution in [0.1, 0.15) is 57.9 Å². The van der Waals surface area contributed by atoms with Crippen molar-refractivity contribution in [3.05, 3.63) is 29.8 Å². The molecule has 1 fully saturated rings. The second-order valence-corrected chi connectivity index (χ2v) is 7.25. The van der Waals surface area contributed by atoms with Crippen LogP contribution >= 0.6 is 24.0 Å². The van der Waals surface area contributed by atoms with E-state index in [0.717, 1.165) is 17.2 Å². The second-order valence-electron chi connectivity index (χ2n) is 7.25. The van der Waals surface area contributed by atoms with Crippen LogP contribution in [0.3, 0.4) is 0 Å². The first-order valence-electron chi connectivity index (χ1n) is 9.43. The summed E-state index contributed by atoms with van der Waals surface area (Å²) in [5, 5.41) is 9.85. The lowest BCUT2D eigenvalue weighted by molar-refractivity contribution is -0.116. The molecule has 0 aliphatic heterocycles. The Balaban J connectivity index is 0.00000338. The first-order valence-corrected chi connectivity index (χ1v) is 9.43. The number of halogens is 1. The average molecular weight is 472 g/mol. The van der Waals surface area contributed by atoms with E-state index < -0.39 is 0 Å². The van der Waals surface area contributed by atoms with Gasteiger partial charge in [0, 0.05) is 31.7 Å². The number of nitrogens with one attached hydrogen (secondary N) is 3. The van der Waals surface area contributed by atoms with Gasteiger partial charge in [0.1, 0.15) is 0 Å². The maximum Gasteiger partial charge on any atom is 0.224 e. The highest BCUT2D eigenvalue weighted by atomic mass is 127. The molecule has 1 aromatic carbocycles. The summed E-state index contributed by atoms with van der Waals surface area (Å²) in [6, 6.07) is 8.50. The molecule has 5 nitrogen and oxygen atoms in total. The molecular weight excluding hydrogens is 439 g/mol. The van der Waals surface area contributed by atoms with Crippen molar-refractivity contribution in [2.24, 2.45) is 10.9 Å². The largest absolute Gasteiger partial charge is 0.354 e. The molecule has 0 atom stereocenters. The SMILES string of the molecule is CN=C(NCc1cccc(NC(=O)CC(C)C)c1)NC1CCCCC1.I. The van der Waals surface area contributed by atoms with Crippen LogP contribution in [0.4, 0.5) is 5.69 Å². The van der Waals surface area contributed by atoms with Gasteiger partial charge in [-0.2, -0.15) is 0 Å². The van der Waals surface area contributed by atoms with E-state index in [-0.39, 0.29) is 29.9 Å². The number of guanidine groups is 1. The molecule has 0 unspecified atom stereocenters. The van der Waals surface area contributed by atoms with Gasteiger partial charge in [-0.3, -0.25) is 9.79 Å². The normalized spacial score (nSPS) is 15.3. The highest BCUT2D eigenvalue weighted by Gasteiger charge is 2.14. The van der Waals surface area contributed by atoms with E-state index in [1.165, 1.54) is 32.1 Å². The van der Waals surface area contributed by atoms with Crippen molar-refractivity contribution in [2.75, 3.05) is 12.4 Å². The van der Waals surface area contributed by atoms with E-state index in [1.807, 2.05) is 32.0 Å². The Hall–Kier alpha value is -1.31. The predicted molar refractivity (Wildman–Crippen MR) is 120 cm³/mol. The first kappa shape index (κ1) is 22.7. The molecule has 0 heterocycles. The number of carbonyl (C=O) groups excluding carboxylic acids is 1. The predicted octanol–water partition coefficient (Wildman–Crippen LogP) is 4.29. The second kappa shape index (κ2) is 12.1. The zero-order valence-electron chi connectivity index (χ0n) is 16.2. The van der Waals surface area contributed by atoms with Crippen molar-refractivity contribution in [3.63, 3.8) is 0 Å². The van der Waals surface area contributed by atoms with Crippen LogP contribution in [-0.4, -0.2) is 25.0 Å². The van der Waals surface area contributed by atoms with Crippen LogP contribution in [0.2, 0.25) is 0 Å². The molecule has 0 saturated heterocycles. The molecule has 0 bridgehead atoms. The van der Waals surface area contributed by atoms with Crippen molar-refractivity contribution in [1.29, 1.82) is 0 Å². The number of hydrogen-bond acceptors (Lipinski definition) is 2. The van der Waals surface area contributed by atoms with E-state index in [1.54, 1.807) is 7.05 Å². The molecular formula is C20H33IN4O. The first-order chi connectivity index (χ1) is 12.1. The van der Waals surface area contributed by atoms with Gasteiger partial charge in [0.05, 0.1) is 0 Å². The molecule has 0 radical (unpaired) electrons. The third kappa shape index (κ3) is 8.38. The molecule has 1 amide bonds. The molecule has 1 aliphatic carbocycles. The van der Waals surface area contributed by atoms with Crippen molar-refractivity contribution < 1.29 is 4.79 Å². The van der Waals surface area contributed by atoms with Gasteiger partial charge in [0.25, 0.3) is 0 Å². The Kier molecular flexibility index (Phi) is 10.6. The number of rotatable bonds is 6. The molecule has 3 N–H and O–H groups in total. The molecule has 1 aromatic rings. The Morgan fingerprint density at radius 2 is 1.96 bits per heavy atom. The number of hydrogen-bond donors (Lipinski definition) is 3. The minimum absolute atomic E-state index is 0. The summed E-state index contributed by atoms with van der Waals surface area (Å²) in [6.07, 6.45) is 6.93. The van der Waals surface area contributed by atoms with Crippen LogP contribution in [0.15, 0.2) is 29.3 Å². The highest BCUT2D eigenvalue weighted by Crippen LogP contribution is 2.17. The molecule has 1 aliphatic rings. The zero-order chi connectivity index (χ0) is 18.1. The van der Waals surface area contributed by atoms with Gasteiger partial charge in [-0.15, -0.1) is 24.0 Å². The number of nitrogens with zero attached hydrogens (tertiary/aromatic N) is 1. The van der Waals surface area contributed by atoms with E-state index >= 15 is 0 Å². The standard InChI is InChI=1S/C20H32N4O.HI/c1-15(2)12-19(25)23-18-11-7-8-16(13-18)14-22-20(21-3)24-17-9-5-4-6-10-17;/h7-8,11,13,15,17H,4-6,9-10,12,14H2,1-3H3,(H,23,25)(H2,21,22,24);1H. The minimum Gasteiger partial charge on any atom is -0.354 e. The molecule has 0 aromatic heterocycles.